The molecule has 0 aliphatic carbocycles. The number of anilines is 1. The number of nitrogens with one attached hydrogen (secondary N) is 2. The maximum absolute atomic E-state index is 13.3. The molecule has 0 spiro atoms. The lowest BCUT2D eigenvalue weighted by Gasteiger charge is -2.26. The van der Waals surface area contributed by atoms with E-state index in [-0.39, 0.29) is 29.6 Å². The van der Waals surface area contributed by atoms with Crippen LogP contribution in [0.5, 0.6) is 5.75 Å². The molecule has 1 fully saturated rings. The molecule has 1 aliphatic heterocycles. The fourth-order valence-corrected chi connectivity index (χ4v) is 8.09. The molecule has 2 N–H and O–H groups in total. The third-order valence-corrected chi connectivity index (χ3v) is 11.7. The molecule has 5 rings (SSSR count). The van der Waals surface area contributed by atoms with Gasteiger partial charge in [0.25, 0.3) is 21.6 Å². The Bertz CT molecular complexity index is 2040. The zero-order valence-corrected chi connectivity index (χ0v) is 32.9. The van der Waals surface area contributed by atoms with Crippen molar-refractivity contribution in [3.8, 4) is 16.9 Å². The Balaban J connectivity index is 1.25. The normalized spacial score (nSPS) is 13.8. The quantitative estimate of drug-likeness (QED) is 0.0682. The predicted molar refractivity (Wildman–Crippen MR) is 214 cm³/mol. The number of carbonyl (C=O) groups excluding carboxylic acids is 2. The number of amides is 2. The van der Waals surface area contributed by atoms with Crippen molar-refractivity contribution in [1.82, 2.24) is 14.5 Å². The summed E-state index contributed by atoms with van der Waals surface area (Å²) in [7, 11) is 0.432. The van der Waals surface area contributed by atoms with Crippen LogP contribution in [0.15, 0.2) is 101 Å². The Kier molecular flexibility index (Phi) is 14.7. The van der Waals surface area contributed by atoms with E-state index in [4.69, 9.17) is 9.47 Å². The number of nitro benzene ring substituents is 1. The zero-order chi connectivity index (χ0) is 39.4. The summed E-state index contributed by atoms with van der Waals surface area (Å²) in [6.07, 6.45) is 2.51. The topological polar surface area (TPSA) is 160 Å². The molecule has 0 aromatic heterocycles. The van der Waals surface area contributed by atoms with E-state index in [1.807, 2.05) is 47.2 Å². The molecule has 292 valence electrons. The number of sulfonamides is 1. The number of methoxy groups -OCH3 is 1. The van der Waals surface area contributed by atoms with Crippen LogP contribution in [-0.2, 0) is 26.0 Å². The zero-order valence-electron chi connectivity index (χ0n) is 31.2. The van der Waals surface area contributed by atoms with Gasteiger partial charge in [-0.3, -0.25) is 24.6 Å². The van der Waals surface area contributed by atoms with Crippen molar-refractivity contribution in [3.63, 3.8) is 0 Å². The van der Waals surface area contributed by atoms with E-state index in [0.29, 0.717) is 17.9 Å². The minimum Gasteiger partial charge on any atom is -0.496 e. The second-order valence-corrected chi connectivity index (χ2v) is 16.1. The smallest absolute Gasteiger partial charge is 0.293 e. The molecule has 1 atom stereocenters. The largest absolute Gasteiger partial charge is 0.496 e. The van der Waals surface area contributed by atoms with Gasteiger partial charge in [0.05, 0.1) is 30.1 Å². The number of morpholine rings is 1. The molecular formula is C40H47N5O8S2. The van der Waals surface area contributed by atoms with Gasteiger partial charge in [-0.25, -0.2) is 13.1 Å². The number of nitro groups is 1. The molecule has 13 nitrogen and oxygen atoms in total. The number of carbonyl (C=O) groups is 2. The third-order valence-electron chi connectivity index (χ3n) is 9.23. The number of aryl methyl sites for hydroxylation is 1. The van der Waals surface area contributed by atoms with Crippen molar-refractivity contribution in [1.29, 1.82) is 0 Å². The van der Waals surface area contributed by atoms with E-state index in [1.54, 1.807) is 33.3 Å². The van der Waals surface area contributed by atoms with Crippen molar-refractivity contribution in [2.24, 2.45) is 0 Å². The van der Waals surface area contributed by atoms with Crippen molar-refractivity contribution in [3.05, 3.63) is 112 Å². The SMILES string of the molecule is COc1cc(CCCN2CCOCC2)ccc1-c1ccc(C(=O)NS(=O)(=O)c2ccc(N[C@H](CCC(=O)N(C)C)CSc3ccccc3)c([N+](=O)[O-])c2)cc1. The van der Waals surface area contributed by atoms with Gasteiger partial charge in [0, 0.05) is 67.5 Å². The molecule has 4 aromatic rings. The van der Waals surface area contributed by atoms with Crippen LogP contribution in [0.25, 0.3) is 11.1 Å². The van der Waals surface area contributed by atoms with Gasteiger partial charge in [0.1, 0.15) is 11.4 Å². The number of hydrogen-bond acceptors (Lipinski definition) is 11. The van der Waals surface area contributed by atoms with Gasteiger partial charge in [-0.1, -0.05) is 42.5 Å². The van der Waals surface area contributed by atoms with Crippen LogP contribution in [0.3, 0.4) is 0 Å². The van der Waals surface area contributed by atoms with Gasteiger partial charge in [0.2, 0.25) is 5.91 Å². The summed E-state index contributed by atoms with van der Waals surface area (Å²) in [6, 6.07) is 25.2. The van der Waals surface area contributed by atoms with Gasteiger partial charge in [-0.15, -0.1) is 11.8 Å². The summed E-state index contributed by atoms with van der Waals surface area (Å²) in [5, 5.41) is 15.3. The highest BCUT2D eigenvalue weighted by atomic mass is 32.2. The van der Waals surface area contributed by atoms with Crippen LogP contribution in [0.4, 0.5) is 11.4 Å². The predicted octanol–water partition coefficient (Wildman–Crippen LogP) is 6.10. The van der Waals surface area contributed by atoms with Crippen molar-refractivity contribution in [2.75, 3.05) is 65.1 Å². The van der Waals surface area contributed by atoms with E-state index >= 15 is 0 Å². The average Bonchev–Trinajstić information content (AvgIpc) is 3.19. The van der Waals surface area contributed by atoms with Gasteiger partial charge < -0.3 is 19.7 Å². The number of rotatable bonds is 18. The molecule has 1 saturated heterocycles. The first-order valence-electron chi connectivity index (χ1n) is 18.0. The summed E-state index contributed by atoms with van der Waals surface area (Å²) in [4.78, 5) is 41.5. The maximum atomic E-state index is 13.3. The molecule has 0 unspecified atom stereocenters. The molecule has 0 radical (unpaired) electrons. The van der Waals surface area contributed by atoms with Gasteiger partial charge in [0.15, 0.2) is 0 Å². The standard InChI is InChI=1S/C40H47N5O8S2/c1-43(2)39(46)20-16-32(28-54-33-9-5-4-6-10-33)41-36-19-17-34(27-37(36)45(48)49)55(50,51)42-40(47)31-14-12-30(13-15-31)35-18-11-29(26-38(35)52-3)8-7-21-44-22-24-53-25-23-44/h4-6,9-15,17-19,26-27,32,41H,7-8,16,20-25,28H2,1-3H3,(H,42,47)/t32-/m1/s1. The maximum Gasteiger partial charge on any atom is 0.293 e. The van der Waals surface area contributed by atoms with Crippen LogP contribution in [0.2, 0.25) is 0 Å². The third kappa shape index (κ3) is 11.8. The highest BCUT2D eigenvalue weighted by Crippen LogP contribution is 2.33. The minimum atomic E-state index is -4.49. The fourth-order valence-electron chi connectivity index (χ4n) is 6.11. The van der Waals surface area contributed by atoms with E-state index < -0.39 is 31.4 Å². The molecule has 0 saturated carbocycles. The van der Waals surface area contributed by atoms with Gasteiger partial charge >= 0.3 is 0 Å². The Morgan fingerprint density at radius 1 is 1.00 bits per heavy atom. The molecule has 4 aromatic carbocycles. The van der Waals surface area contributed by atoms with Crippen LogP contribution in [0.1, 0.15) is 35.2 Å². The van der Waals surface area contributed by atoms with E-state index in [2.05, 4.69) is 16.3 Å². The number of benzene rings is 4. The molecule has 15 heteroatoms. The number of thioether (sulfide) groups is 1. The number of hydrogen-bond donors (Lipinski definition) is 2. The first-order valence-corrected chi connectivity index (χ1v) is 20.5. The van der Waals surface area contributed by atoms with Crippen LogP contribution in [0, 0.1) is 10.1 Å². The summed E-state index contributed by atoms with van der Waals surface area (Å²) in [5.74, 6) is 0.205. The Labute approximate surface area is 326 Å². The Hall–Kier alpha value is -4.96. The van der Waals surface area contributed by atoms with Gasteiger partial charge in [-0.2, -0.15) is 0 Å². The van der Waals surface area contributed by atoms with Crippen LogP contribution in [-0.4, -0.2) is 101 Å². The van der Waals surface area contributed by atoms with Crippen LogP contribution >= 0.6 is 11.8 Å². The van der Waals surface area contributed by atoms with Crippen LogP contribution < -0.4 is 14.8 Å². The molecule has 55 heavy (non-hydrogen) atoms. The summed E-state index contributed by atoms with van der Waals surface area (Å²) >= 11 is 1.53. The summed E-state index contributed by atoms with van der Waals surface area (Å²) < 4.78 is 39.9. The fraction of sp³-hybridized carbons (Fsp3) is 0.350. The Morgan fingerprint density at radius 2 is 1.73 bits per heavy atom. The second-order valence-electron chi connectivity index (χ2n) is 13.3. The molecule has 1 heterocycles. The first kappa shape index (κ1) is 41.2. The minimum absolute atomic E-state index is 0.0857. The number of ether oxygens (including phenoxy) is 2. The van der Waals surface area contributed by atoms with E-state index in [9.17, 15) is 28.1 Å². The molecule has 2 amide bonds. The summed E-state index contributed by atoms with van der Waals surface area (Å²) in [6.45, 7) is 4.46. The monoisotopic (exact) mass is 789 g/mol. The second kappa shape index (κ2) is 19.6. The van der Waals surface area contributed by atoms with E-state index in [0.717, 1.165) is 73.3 Å². The molecule has 0 bridgehead atoms. The Morgan fingerprint density at radius 3 is 2.40 bits per heavy atom. The van der Waals surface area contributed by atoms with Crippen molar-refractivity contribution >= 4 is 45.0 Å². The lowest BCUT2D eigenvalue weighted by atomic mass is 9.99. The van der Waals surface area contributed by atoms with Crippen molar-refractivity contribution < 1.29 is 32.4 Å². The lowest BCUT2D eigenvalue weighted by Crippen LogP contribution is -2.36. The molecule has 1 aliphatic rings. The first-order chi connectivity index (χ1) is 26.4. The lowest BCUT2D eigenvalue weighted by molar-refractivity contribution is -0.384. The van der Waals surface area contributed by atoms with Crippen molar-refractivity contribution in [2.45, 2.75) is 41.5 Å². The number of nitrogens with zero attached hydrogens (tertiary/aromatic N) is 3. The average molecular weight is 790 g/mol. The molecular weight excluding hydrogens is 743 g/mol. The van der Waals surface area contributed by atoms with Gasteiger partial charge in [-0.05, 0) is 79.4 Å². The highest BCUT2D eigenvalue weighted by molar-refractivity contribution is 7.99. The highest BCUT2D eigenvalue weighted by Gasteiger charge is 2.26. The van der Waals surface area contributed by atoms with E-state index in [1.165, 1.54) is 40.9 Å². The summed E-state index contributed by atoms with van der Waals surface area (Å²) in [5.41, 5.74) is 2.46.